The minimum atomic E-state index is -0.0376. The minimum absolute atomic E-state index is 0.0376. The second kappa shape index (κ2) is 8.19. The Labute approximate surface area is 160 Å². The summed E-state index contributed by atoms with van der Waals surface area (Å²) >= 11 is 2.04. The molecule has 0 atom stereocenters. The van der Waals surface area contributed by atoms with Crippen LogP contribution in [0.25, 0.3) is 0 Å². The van der Waals surface area contributed by atoms with Gasteiger partial charge in [-0.2, -0.15) is 0 Å². The number of hydrogen-bond acceptors (Lipinski definition) is 5. The summed E-state index contributed by atoms with van der Waals surface area (Å²) in [7, 11) is 1.96. The lowest BCUT2D eigenvalue weighted by Gasteiger charge is -2.31. The van der Waals surface area contributed by atoms with E-state index in [0.717, 1.165) is 44.2 Å². The van der Waals surface area contributed by atoms with Crippen LogP contribution >= 0.6 is 11.3 Å². The molecule has 0 spiro atoms. The van der Waals surface area contributed by atoms with Crippen LogP contribution in [-0.2, 0) is 20.2 Å². The Bertz CT molecular complexity index is 711. The Kier molecular flexibility index (Phi) is 5.72. The first-order chi connectivity index (χ1) is 12.7. The van der Waals surface area contributed by atoms with Gasteiger partial charge in [0, 0.05) is 29.3 Å². The Morgan fingerprint density at radius 2 is 1.81 bits per heavy atom. The van der Waals surface area contributed by atoms with Gasteiger partial charge in [-0.05, 0) is 56.8 Å². The molecule has 0 bridgehead atoms. The highest BCUT2D eigenvalue weighted by atomic mass is 32.1. The van der Waals surface area contributed by atoms with Crippen LogP contribution in [0.15, 0.2) is 12.1 Å². The molecule has 1 saturated heterocycles. The third-order valence-corrected chi connectivity index (χ3v) is 7.39. The maximum absolute atomic E-state index is 9.30. The Morgan fingerprint density at radius 3 is 2.50 bits per heavy atom. The summed E-state index contributed by atoms with van der Waals surface area (Å²) in [5, 5.41) is 17.7. The molecule has 1 aliphatic carbocycles. The van der Waals surface area contributed by atoms with Crippen molar-refractivity contribution in [2.24, 2.45) is 7.05 Å². The number of aliphatic hydroxyl groups excluding tert-OH is 1. The third-order valence-electron chi connectivity index (χ3n) is 6.16. The Hall–Kier alpha value is -1.24. The molecule has 0 amide bonds. The zero-order chi connectivity index (χ0) is 17.9. The minimum Gasteiger partial charge on any atom is -0.388 e. The number of hydrogen-bond donors (Lipinski definition) is 1. The van der Waals surface area contributed by atoms with E-state index < -0.39 is 0 Å². The summed E-state index contributed by atoms with van der Waals surface area (Å²) in [6, 6.07) is 4.75. The molecule has 142 valence electrons. The molecule has 3 heterocycles. The fourth-order valence-corrected chi connectivity index (χ4v) is 5.75. The monoisotopic (exact) mass is 374 g/mol. The van der Waals surface area contributed by atoms with Crippen LogP contribution in [0, 0.1) is 0 Å². The number of aliphatic hydroxyl groups is 1. The standard InChI is InChI=1S/C20H30N4OS/c1-23-19(14-25)21-22-20(23)16-9-11-24(12-10-16)13-17-7-8-18(26-17)15-5-3-2-4-6-15/h7-8,15-16,25H,2-6,9-14H2,1H3. The maximum atomic E-state index is 9.30. The van der Waals surface area contributed by atoms with Crippen molar-refractivity contribution in [1.82, 2.24) is 19.7 Å². The van der Waals surface area contributed by atoms with Gasteiger partial charge in [-0.3, -0.25) is 4.90 Å². The molecule has 2 aromatic rings. The lowest BCUT2D eigenvalue weighted by molar-refractivity contribution is 0.201. The molecule has 1 aliphatic heterocycles. The van der Waals surface area contributed by atoms with Crippen LogP contribution < -0.4 is 0 Å². The molecule has 5 nitrogen and oxygen atoms in total. The number of rotatable bonds is 5. The van der Waals surface area contributed by atoms with E-state index in [1.54, 1.807) is 4.88 Å². The third kappa shape index (κ3) is 3.87. The van der Waals surface area contributed by atoms with Crippen molar-refractivity contribution in [2.45, 2.75) is 69.9 Å². The van der Waals surface area contributed by atoms with Gasteiger partial charge in [-0.15, -0.1) is 21.5 Å². The summed E-state index contributed by atoms with van der Waals surface area (Å²) in [6.45, 7) is 3.28. The first-order valence-electron chi connectivity index (χ1n) is 10.0. The molecule has 0 aromatic carbocycles. The maximum Gasteiger partial charge on any atom is 0.158 e. The van der Waals surface area contributed by atoms with Crippen LogP contribution in [0.3, 0.4) is 0 Å². The number of piperidine rings is 1. The van der Waals surface area contributed by atoms with E-state index in [-0.39, 0.29) is 6.61 Å². The van der Waals surface area contributed by atoms with Gasteiger partial charge in [0.1, 0.15) is 12.4 Å². The van der Waals surface area contributed by atoms with Crippen LogP contribution in [0.1, 0.15) is 78.2 Å². The van der Waals surface area contributed by atoms with Crippen LogP contribution in [0.2, 0.25) is 0 Å². The van der Waals surface area contributed by atoms with Crippen LogP contribution in [0.4, 0.5) is 0 Å². The van der Waals surface area contributed by atoms with Crippen molar-refractivity contribution >= 4 is 11.3 Å². The van der Waals surface area contributed by atoms with E-state index in [1.165, 1.54) is 37.0 Å². The van der Waals surface area contributed by atoms with E-state index in [9.17, 15) is 5.11 Å². The largest absolute Gasteiger partial charge is 0.388 e. The smallest absolute Gasteiger partial charge is 0.158 e. The van der Waals surface area contributed by atoms with Gasteiger partial charge in [0.25, 0.3) is 0 Å². The highest BCUT2D eigenvalue weighted by Gasteiger charge is 2.25. The lowest BCUT2D eigenvalue weighted by Crippen LogP contribution is -2.33. The summed E-state index contributed by atoms with van der Waals surface area (Å²) in [4.78, 5) is 5.71. The highest BCUT2D eigenvalue weighted by Crippen LogP contribution is 2.37. The van der Waals surface area contributed by atoms with Crippen molar-refractivity contribution in [1.29, 1.82) is 0 Å². The highest BCUT2D eigenvalue weighted by molar-refractivity contribution is 7.12. The zero-order valence-corrected chi connectivity index (χ0v) is 16.5. The average molecular weight is 375 g/mol. The van der Waals surface area contributed by atoms with Gasteiger partial charge >= 0.3 is 0 Å². The Balaban J connectivity index is 1.31. The number of nitrogens with zero attached hydrogens (tertiary/aromatic N) is 4. The number of thiophene rings is 1. The van der Waals surface area contributed by atoms with Crippen molar-refractivity contribution < 1.29 is 5.11 Å². The summed E-state index contributed by atoms with van der Waals surface area (Å²) in [6.07, 6.45) is 9.26. The van der Waals surface area contributed by atoms with Gasteiger partial charge in [0.05, 0.1) is 0 Å². The van der Waals surface area contributed by atoms with Crippen LogP contribution in [0.5, 0.6) is 0 Å². The van der Waals surface area contributed by atoms with Gasteiger partial charge < -0.3 is 9.67 Å². The predicted octanol–water partition coefficient (Wildman–Crippen LogP) is 3.80. The molecule has 0 radical (unpaired) electrons. The molecule has 2 fully saturated rings. The normalized spacial score (nSPS) is 20.7. The van der Waals surface area contributed by atoms with Gasteiger partial charge in [0.2, 0.25) is 0 Å². The first kappa shape index (κ1) is 18.1. The molecule has 2 aromatic heterocycles. The van der Waals surface area contributed by atoms with E-state index >= 15 is 0 Å². The van der Waals surface area contributed by atoms with Crippen molar-refractivity contribution in [3.05, 3.63) is 33.5 Å². The summed E-state index contributed by atoms with van der Waals surface area (Å²) in [5.74, 6) is 2.98. The fourth-order valence-electron chi connectivity index (χ4n) is 4.52. The second-order valence-electron chi connectivity index (χ2n) is 7.88. The average Bonchev–Trinajstić information content (AvgIpc) is 3.30. The summed E-state index contributed by atoms with van der Waals surface area (Å²) in [5.41, 5.74) is 0. The quantitative estimate of drug-likeness (QED) is 0.865. The number of aromatic nitrogens is 3. The molecular weight excluding hydrogens is 344 g/mol. The van der Waals surface area contributed by atoms with Gasteiger partial charge in [-0.1, -0.05) is 19.3 Å². The lowest BCUT2D eigenvalue weighted by atomic mass is 9.88. The molecular formula is C20H30N4OS. The van der Waals surface area contributed by atoms with Crippen LogP contribution in [-0.4, -0.2) is 37.9 Å². The van der Waals surface area contributed by atoms with E-state index in [4.69, 9.17) is 0 Å². The topological polar surface area (TPSA) is 54.2 Å². The van der Waals surface area contributed by atoms with Crippen molar-refractivity contribution in [3.8, 4) is 0 Å². The molecule has 0 unspecified atom stereocenters. The molecule has 2 aliphatic rings. The predicted molar refractivity (Wildman–Crippen MR) is 104 cm³/mol. The first-order valence-corrected chi connectivity index (χ1v) is 10.9. The second-order valence-corrected chi connectivity index (χ2v) is 9.08. The zero-order valence-electron chi connectivity index (χ0n) is 15.7. The van der Waals surface area contributed by atoms with Gasteiger partial charge in [0.15, 0.2) is 5.82 Å². The molecule has 6 heteroatoms. The fraction of sp³-hybridized carbons (Fsp3) is 0.700. The van der Waals surface area contributed by atoms with Gasteiger partial charge in [-0.25, -0.2) is 0 Å². The molecule has 4 rings (SSSR count). The Morgan fingerprint density at radius 1 is 1.04 bits per heavy atom. The summed E-state index contributed by atoms with van der Waals surface area (Å²) < 4.78 is 1.97. The van der Waals surface area contributed by atoms with Crippen molar-refractivity contribution in [3.63, 3.8) is 0 Å². The number of likely N-dealkylation sites (tertiary alicyclic amines) is 1. The SMILES string of the molecule is Cn1c(CO)nnc1C1CCN(Cc2ccc(C3CCCCC3)s2)CC1. The molecule has 1 saturated carbocycles. The molecule has 1 N–H and O–H groups in total. The van der Waals surface area contributed by atoms with E-state index in [1.807, 2.05) is 23.0 Å². The van der Waals surface area contributed by atoms with Crippen molar-refractivity contribution in [2.75, 3.05) is 13.1 Å². The van der Waals surface area contributed by atoms with E-state index in [0.29, 0.717) is 11.7 Å². The molecule has 26 heavy (non-hydrogen) atoms. The van der Waals surface area contributed by atoms with E-state index in [2.05, 4.69) is 27.2 Å².